The minimum Gasteiger partial charge on any atom is -0.369 e. The number of benzene rings is 2. The molecule has 0 saturated heterocycles. The van der Waals surface area contributed by atoms with Crippen LogP contribution in [0.15, 0.2) is 68.5 Å². The predicted molar refractivity (Wildman–Crippen MR) is 154 cm³/mol. The molecule has 0 fully saturated rings. The molecule has 2 aliphatic rings. The van der Waals surface area contributed by atoms with Gasteiger partial charge in [-0.2, -0.15) is 9.98 Å². The van der Waals surface area contributed by atoms with Gasteiger partial charge < -0.3 is 22.9 Å². The second-order valence-electron chi connectivity index (χ2n) is 9.37. The van der Waals surface area contributed by atoms with Crippen molar-refractivity contribution >= 4 is 60.0 Å². The van der Waals surface area contributed by atoms with Crippen LogP contribution in [-0.2, 0) is 12.8 Å². The van der Waals surface area contributed by atoms with E-state index in [1.165, 1.54) is 11.1 Å². The maximum atomic E-state index is 6.13. The number of halogens is 2. The predicted octanol–water partition coefficient (Wildman–Crippen LogP) is 2.69. The zero-order valence-corrected chi connectivity index (χ0v) is 22.5. The minimum atomic E-state index is -0.604. The summed E-state index contributed by atoms with van der Waals surface area (Å²) in [4.78, 5) is 20.8. The number of rotatable bonds is 5. The fourth-order valence-electron chi connectivity index (χ4n) is 4.41. The molecule has 0 bridgehead atoms. The summed E-state index contributed by atoms with van der Waals surface area (Å²) in [5.41, 5.74) is 26.9. The molecule has 2 heterocycles. The second kappa shape index (κ2) is 10.6. The number of aliphatic imine (C=N–C) groups is 4. The first kappa shape index (κ1) is 28.7. The summed E-state index contributed by atoms with van der Waals surface area (Å²) in [6.45, 7) is 7.80. The van der Waals surface area contributed by atoms with Crippen LogP contribution in [-0.4, -0.2) is 35.2 Å². The first-order valence-electron chi connectivity index (χ1n) is 11.1. The lowest BCUT2D eigenvalue weighted by Crippen LogP contribution is -2.54. The molecule has 12 heteroatoms. The average Bonchev–Trinajstić information content (AvgIpc) is 2.71. The summed E-state index contributed by atoms with van der Waals surface area (Å²) < 4.78 is 0. The van der Waals surface area contributed by atoms with Crippen LogP contribution in [0.1, 0.15) is 38.8 Å². The number of hydrogen-bond donors (Lipinski definition) is 4. The van der Waals surface area contributed by atoms with Gasteiger partial charge in [-0.25, -0.2) is 9.98 Å². The van der Waals surface area contributed by atoms with Crippen molar-refractivity contribution in [2.45, 2.75) is 51.9 Å². The average molecular weight is 534 g/mol. The van der Waals surface area contributed by atoms with Gasteiger partial charge in [0.2, 0.25) is 23.8 Å². The summed E-state index contributed by atoms with van der Waals surface area (Å²) in [6.07, 6.45) is 1.80. The van der Waals surface area contributed by atoms with E-state index in [9.17, 15) is 0 Å². The summed E-state index contributed by atoms with van der Waals surface area (Å²) in [6, 6.07) is 16.5. The highest BCUT2D eigenvalue weighted by atomic mass is 35.5. The normalized spacial score (nSPS) is 18.1. The van der Waals surface area contributed by atoms with E-state index in [1.54, 1.807) is 0 Å². The molecule has 0 aromatic heterocycles. The Hall–Kier alpha value is -3.50. The molecule has 0 atom stereocenters. The van der Waals surface area contributed by atoms with Crippen molar-refractivity contribution in [2.75, 3.05) is 9.80 Å². The Bertz CT molecular complexity index is 1100. The van der Waals surface area contributed by atoms with Gasteiger partial charge in [0.1, 0.15) is 11.3 Å². The molecule has 0 aliphatic carbocycles. The van der Waals surface area contributed by atoms with Crippen LogP contribution in [0, 0.1) is 0 Å². The minimum absolute atomic E-state index is 0. The van der Waals surface area contributed by atoms with E-state index in [-0.39, 0.29) is 36.7 Å². The SMILES string of the molecule is CC1(C)N=C(N)N=C(N)N1c1ccc(CCc2ccc(N3C(N)=NC(N)=NC3(C)C)cc2)cc1.Cl.Cl. The first-order chi connectivity index (χ1) is 16.0. The van der Waals surface area contributed by atoms with Crippen LogP contribution in [0.2, 0.25) is 0 Å². The highest BCUT2D eigenvalue weighted by Gasteiger charge is 2.33. The number of hydrogen-bond acceptors (Lipinski definition) is 10. The molecule has 0 spiro atoms. The topological polar surface area (TPSA) is 160 Å². The molecule has 36 heavy (non-hydrogen) atoms. The van der Waals surface area contributed by atoms with Gasteiger partial charge in [-0.15, -0.1) is 24.8 Å². The molecule has 0 saturated carbocycles. The fraction of sp³-hybridized carbons (Fsp3) is 0.333. The molecule has 10 nitrogen and oxygen atoms in total. The number of nitrogens with two attached hydrogens (primary N) is 4. The smallest absolute Gasteiger partial charge is 0.220 e. The third-order valence-corrected chi connectivity index (χ3v) is 5.88. The monoisotopic (exact) mass is 532 g/mol. The summed E-state index contributed by atoms with van der Waals surface area (Å²) in [7, 11) is 0. The maximum absolute atomic E-state index is 6.13. The van der Waals surface area contributed by atoms with E-state index in [2.05, 4.69) is 44.2 Å². The lowest BCUT2D eigenvalue weighted by molar-refractivity contribution is 0.533. The highest BCUT2D eigenvalue weighted by Crippen LogP contribution is 2.29. The van der Waals surface area contributed by atoms with E-state index in [1.807, 2.05) is 61.8 Å². The fourth-order valence-corrected chi connectivity index (χ4v) is 4.41. The van der Waals surface area contributed by atoms with Crippen molar-refractivity contribution in [3.8, 4) is 0 Å². The van der Waals surface area contributed by atoms with Crippen molar-refractivity contribution in [1.82, 2.24) is 0 Å². The Labute approximate surface area is 224 Å². The summed E-state index contributed by atoms with van der Waals surface area (Å²) in [5, 5.41) is 0. The molecular formula is C24H34Cl2N10. The lowest BCUT2D eigenvalue weighted by Gasteiger charge is -2.38. The Kier molecular flexibility index (Phi) is 8.49. The molecule has 8 N–H and O–H groups in total. The number of aryl methyl sites for hydroxylation is 2. The van der Waals surface area contributed by atoms with E-state index in [0.29, 0.717) is 11.9 Å². The molecule has 2 aromatic carbocycles. The number of anilines is 2. The lowest BCUT2D eigenvalue weighted by atomic mass is 10.0. The highest BCUT2D eigenvalue weighted by molar-refractivity contribution is 6.06. The Morgan fingerprint density at radius 3 is 1.17 bits per heavy atom. The van der Waals surface area contributed by atoms with Gasteiger partial charge in [0, 0.05) is 11.4 Å². The quantitative estimate of drug-likeness (QED) is 0.462. The van der Waals surface area contributed by atoms with Crippen molar-refractivity contribution in [1.29, 1.82) is 0 Å². The molecule has 2 aliphatic heterocycles. The molecule has 0 unspecified atom stereocenters. The molecular weight excluding hydrogens is 499 g/mol. The van der Waals surface area contributed by atoms with Crippen molar-refractivity contribution in [3.05, 3.63) is 59.7 Å². The van der Waals surface area contributed by atoms with Gasteiger partial charge in [0.25, 0.3) is 0 Å². The van der Waals surface area contributed by atoms with Gasteiger partial charge in [0.15, 0.2) is 0 Å². The zero-order valence-electron chi connectivity index (χ0n) is 20.8. The van der Waals surface area contributed by atoms with Crippen molar-refractivity contribution < 1.29 is 0 Å². The second-order valence-corrected chi connectivity index (χ2v) is 9.37. The van der Waals surface area contributed by atoms with Gasteiger partial charge in [-0.05, 0) is 75.9 Å². The van der Waals surface area contributed by atoms with Crippen LogP contribution in [0.3, 0.4) is 0 Å². The molecule has 0 radical (unpaired) electrons. The van der Waals surface area contributed by atoms with Gasteiger partial charge in [-0.3, -0.25) is 9.80 Å². The third-order valence-electron chi connectivity index (χ3n) is 5.88. The number of nitrogens with zero attached hydrogens (tertiary/aromatic N) is 6. The van der Waals surface area contributed by atoms with Gasteiger partial charge >= 0.3 is 0 Å². The molecule has 194 valence electrons. The van der Waals surface area contributed by atoms with Crippen LogP contribution < -0.4 is 32.7 Å². The Morgan fingerprint density at radius 2 is 0.889 bits per heavy atom. The van der Waals surface area contributed by atoms with E-state index < -0.39 is 11.3 Å². The Balaban J connectivity index is 0.00000228. The zero-order chi connectivity index (χ0) is 24.7. The van der Waals surface area contributed by atoms with E-state index in [4.69, 9.17) is 22.9 Å². The first-order valence-corrected chi connectivity index (χ1v) is 11.1. The Morgan fingerprint density at radius 1 is 0.583 bits per heavy atom. The summed E-state index contributed by atoms with van der Waals surface area (Å²) in [5.74, 6) is 1.05. The number of guanidine groups is 4. The summed E-state index contributed by atoms with van der Waals surface area (Å²) >= 11 is 0. The largest absolute Gasteiger partial charge is 0.369 e. The standard InChI is InChI=1S/C24H32N10.2ClH/c1-23(2)31-19(25)29-21(27)33(23)17-11-7-15(8-12-17)5-6-16-9-13-18(14-10-16)34-22(28)30-20(26)32-24(34,3)4;;/h7-14H,5-6H2,1-4H3,(H4,25,27,29,31)(H4,26,28,30,32);2*1H. The maximum Gasteiger partial charge on any atom is 0.220 e. The van der Waals surface area contributed by atoms with Crippen LogP contribution in [0.4, 0.5) is 11.4 Å². The van der Waals surface area contributed by atoms with Crippen molar-refractivity contribution in [3.63, 3.8) is 0 Å². The van der Waals surface area contributed by atoms with Crippen molar-refractivity contribution in [2.24, 2.45) is 42.9 Å². The van der Waals surface area contributed by atoms with E-state index in [0.717, 1.165) is 24.2 Å². The van der Waals surface area contributed by atoms with Gasteiger partial charge in [0.05, 0.1) is 0 Å². The molecule has 0 amide bonds. The van der Waals surface area contributed by atoms with Crippen LogP contribution in [0.25, 0.3) is 0 Å². The van der Waals surface area contributed by atoms with Crippen LogP contribution in [0.5, 0.6) is 0 Å². The molecule has 2 aromatic rings. The van der Waals surface area contributed by atoms with Crippen LogP contribution >= 0.6 is 24.8 Å². The van der Waals surface area contributed by atoms with Gasteiger partial charge in [-0.1, -0.05) is 24.3 Å². The van der Waals surface area contributed by atoms with E-state index >= 15 is 0 Å². The molecule has 4 rings (SSSR count). The third kappa shape index (κ3) is 5.83.